The van der Waals surface area contributed by atoms with E-state index in [0.29, 0.717) is 0 Å². The number of carbonyl (C=O) groups is 5. The number of aromatic nitrogens is 4. The number of ether oxygens (including phenoxy) is 4. The molecule has 0 N–H and O–H groups in total. The van der Waals surface area contributed by atoms with Crippen LogP contribution < -0.4 is 5.56 Å². The molecule has 0 aliphatic carbocycles. The van der Waals surface area contributed by atoms with E-state index in [9.17, 15) is 28.8 Å². The molecule has 0 radical (unpaired) electrons. The molecule has 0 spiro atoms. The molecule has 0 unspecified atom stereocenters. The van der Waals surface area contributed by atoms with Gasteiger partial charge >= 0.3 is 23.9 Å². The summed E-state index contributed by atoms with van der Waals surface area (Å²) in [5.74, 6) is -4.17. The number of carbonyl (C=O) groups excluding carboxylic acids is 5. The van der Waals surface area contributed by atoms with Gasteiger partial charge in [0.25, 0.3) is 5.56 Å². The van der Waals surface area contributed by atoms with Crippen molar-refractivity contribution < 1.29 is 42.9 Å². The Balaban J connectivity index is 2.77. The van der Waals surface area contributed by atoms with E-state index in [-0.39, 0.29) is 17.3 Å². The Labute approximate surface area is 192 Å². The highest BCUT2D eigenvalue weighted by molar-refractivity contribution is 5.79. The fourth-order valence-electron chi connectivity index (χ4n) is 3.24. The van der Waals surface area contributed by atoms with E-state index in [1.165, 1.54) is 11.3 Å². The monoisotopic (exact) mass is 480 g/mol. The molecular formula is C20H24N4O10. The Morgan fingerprint density at radius 3 is 1.97 bits per heavy atom. The lowest BCUT2D eigenvalue weighted by Gasteiger charge is -2.30. The molecule has 0 fully saturated rings. The number of hydrogen-bond donors (Lipinski definition) is 0. The molecule has 0 bridgehead atoms. The Hall–Kier alpha value is -4.10. The van der Waals surface area contributed by atoms with Crippen LogP contribution in [0.15, 0.2) is 10.9 Å². The summed E-state index contributed by atoms with van der Waals surface area (Å²) in [6, 6.07) is 1.13. The SMILES string of the molecule is CC(=O)OC[C@@H](OC(C)=O)[C@@H](OC(C)=O)[C@H](OC(C)=O)c1nnc2n(C(C)=O)c(=O)cc(C)n12. The Kier molecular flexibility index (Phi) is 8.21. The summed E-state index contributed by atoms with van der Waals surface area (Å²) in [4.78, 5) is 71.3. The van der Waals surface area contributed by atoms with E-state index in [0.717, 1.165) is 45.3 Å². The predicted molar refractivity (Wildman–Crippen MR) is 111 cm³/mol. The second-order valence-electron chi connectivity index (χ2n) is 7.23. The zero-order valence-corrected chi connectivity index (χ0v) is 19.4. The van der Waals surface area contributed by atoms with Gasteiger partial charge in [0.2, 0.25) is 17.8 Å². The smallest absolute Gasteiger partial charge is 0.303 e. The number of rotatable bonds is 8. The fourth-order valence-corrected chi connectivity index (χ4v) is 3.24. The molecule has 3 atom stereocenters. The molecule has 34 heavy (non-hydrogen) atoms. The minimum Gasteiger partial charge on any atom is -0.462 e. The zero-order valence-electron chi connectivity index (χ0n) is 19.4. The maximum absolute atomic E-state index is 12.3. The van der Waals surface area contributed by atoms with Crippen LogP contribution in [0.4, 0.5) is 0 Å². The van der Waals surface area contributed by atoms with Gasteiger partial charge in [-0.1, -0.05) is 0 Å². The maximum Gasteiger partial charge on any atom is 0.303 e. The number of hydrogen-bond acceptors (Lipinski definition) is 12. The molecule has 184 valence electrons. The van der Waals surface area contributed by atoms with E-state index in [1.54, 1.807) is 0 Å². The van der Waals surface area contributed by atoms with Gasteiger partial charge in [-0.15, -0.1) is 10.2 Å². The lowest BCUT2D eigenvalue weighted by atomic mass is 10.1. The minimum atomic E-state index is -1.55. The summed E-state index contributed by atoms with van der Waals surface area (Å²) < 4.78 is 22.8. The van der Waals surface area contributed by atoms with Gasteiger partial charge in [0, 0.05) is 46.4 Å². The molecular weight excluding hydrogens is 456 g/mol. The van der Waals surface area contributed by atoms with Crippen LogP contribution in [0.5, 0.6) is 0 Å². The van der Waals surface area contributed by atoms with Gasteiger partial charge in [0.05, 0.1) is 0 Å². The molecule has 0 saturated carbocycles. The van der Waals surface area contributed by atoms with Crippen molar-refractivity contribution in [2.24, 2.45) is 0 Å². The molecule has 0 aliphatic rings. The second kappa shape index (κ2) is 10.7. The van der Waals surface area contributed by atoms with Gasteiger partial charge < -0.3 is 18.9 Å². The van der Waals surface area contributed by atoms with Crippen molar-refractivity contribution in [3.63, 3.8) is 0 Å². The van der Waals surface area contributed by atoms with Crippen molar-refractivity contribution in [2.75, 3.05) is 6.61 Å². The summed E-state index contributed by atoms with van der Waals surface area (Å²) in [5.41, 5.74) is -0.398. The standard InChI is InChI=1S/C20H24N4O10/c1-9-7-16(30)24(10(2)25)20-22-21-19(23(9)20)18(34-14(6)29)17(33-13(5)28)15(32-12(4)27)8-31-11(3)26/h7,15,17-18H,8H2,1-6H3/t15-,17-,18+/m1/s1. The molecule has 2 aromatic rings. The molecule has 0 amide bonds. The van der Waals surface area contributed by atoms with Crippen LogP contribution in [0.25, 0.3) is 5.78 Å². The topological polar surface area (TPSA) is 174 Å². The maximum atomic E-state index is 12.3. The molecule has 0 aromatic carbocycles. The summed E-state index contributed by atoms with van der Waals surface area (Å²) in [6.07, 6.45) is -4.51. The highest BCUT2D eigenvalue weighted by atomic mass is 16.6. The van der Waals surface area contributed by atoms with Gasteiger partial charge in [-0.05, 0) is 6.92 Å². The lowest BCUT2D eigenvalue weighted by Crippen LogP contribution is -2.44. The van der Waals surface area contributed by atoms with Crippen LogP contribution in [-0.2, 0) is 38.1 Å². The molecule has 0 saturated heterocycles. The third kappa shape index (κ3) is 6.02. The zero-order chi connectivity index (χ0) is 25.7. The average molecular weight is 480 g/mol. The van der Waals surface area contributed by atoms with Crippen LogP contribution in [0.2, 0.25) is 0 Å². The van der Waals surface area contributed by atoms with Crippen LogP contribution in [-0.4, -0.2) is 67.8 Å². The minimum absolute atomic E-state index is 0.149. The molecule has 0 aliphatic heterocycles. The van der Waals surface area contributed by atoms with Crippen LogP contribution in [0.3, 0.4) is 0 Å². The predicted octanol–water partition coefficient (Wildman–Crippen LogP) is -0.110. The van der Waals surface area contributed by atoms with Crippen molar-refractivity contribution in [3.05, 3.63) is 27.9 Å². The van der Waals surface area contributed by atoms with Gasteiger partial charge in [0.15, 0.2) is 18.0 Å². The Morgan fingerprint density at radius 1 is 0.882 bits per heavy atom. The summed E-state index contributed by atoms with van der Waals surface area (Å²) in [6.45, 7) is 6.45. The third-order valence-electron chi connectivity index (χ3n) is 4.37. The Bertz CT molecular complexity index is 1200. The number of nitrogens with zero attached hydrogens (tertiary/aromatic N) is 4. The molecule has 2 heterocycles. The summed E-state index contributed by atoms with van der Waals surface area (Å²) >= 11 is 0. The van der Waals surface area contributed by atoms with E-state index in [2.05, 4.69) is 10.2 Å². The molecule has 14 heteroatoms. The first-order valence-electron chi connectivity index (χ1n) is 9.97. The average Bonchev–Trinajstić information content (AvgIpc) is 3.11. The van der Waals surface area contributed by atoms with E-state index in [1.807, 2.05) is 0 Å². The summed E-state index contributed by atoms with van der Waals surface area (Å²) in [7, 11) is 0. The Morgan fingerprint density at radius 2 is 1.47 bits per heavy atom. The third-order valence-corrected chi connectivity index (χ3v) is 4.37. The van der Waals surface area contributed by atoms with Crippen LogP contribution in [0.1, 0.15) is 57.0 Å². The number of esters is 4. The first-order chi connectivity index (χ1) is 15.8. The number of aryl methyl sites for hydroxylation is 1. The van der Waals surface area contributed by atoms with Crippen molar-refractivity contribution >= 4 is 35.6 Å². The molecule has 2 aromatic heterocycles. The van der Waals surface area contributed by atoms with Crippen molar-refractivity contribution in [1.29, 1.82) is 0 Å². The van der Waals surface area contributed by atoms with Crippen molar-refractivity contribution in [3.8, 4) is 0 Å². The first-order valence-corrected chi connectivity index (χ1v) is 9.97. The van der Waals surface area contributed by atoms with Gasteiger partial charge in [-0.2, -0.15) is 0 Å². The normalized spacial score (nSPS) is 13.5. The highest BCUT2D eigenvalue weighted by Crippen LogP contribution is 2.28. The highest BCUT2D eigenvalue weighted by Gasteiger charge is 2.42. The van der Waals surface area contributed by atoms with Crippen LogP contribution >= 0.6 is 0 Å². The molecule has 2 rings (SSSR count). The van der Waals surface area contributed by atoms with Gasteiger partial charge in [-0.3, -0.25) is 33.2 Å². The fraction of sp³-hybridized carbons (Fsp3) is 0.500. The van der Waals surface area contributed by atoms with Crippen LogP contribution in [0, 0.1) is 6.92 Å². The summed E-state index contributed by atoms with van der Waals surface area (Å²) in [5, 5.41) is 7.84. The van der Waals surface area contributed by atoms with Crippen molar-refractivity contribution in [2.45, 2.75) is 59.9 Å². The van der Waals surface area contributed by atoms with Gasteiger partial charge in [0.1, 0.15) is 6.61 Å². The van der Waals surface area contributed by atoms with E-state index in [4.69, 9.17) is 18.9 Å². The largest absolute Gasteiger partial charge is 0.462 e. The van der Waals surface area contributed by atoms with Gasteiger partial charge in [-0.25, -0.2) is 4.57 Å². The molecule has 14 nitrogen and oxygen atoms in total. The van der Waals surface area contributed by atoms with E-state index >= 15 is 0 Å². The van der Waals surface area contributed by atoms with E-state index < -0.39 is 60.3 Å². The second-order valence-corrected chi connectivity index (χ2v) is 7.23. The lowest BCUT2D eigenvalue weighted by molar-refractivity contribution is -0.190. The first kappa shape index (κ1) is 26.2. The van der Waals surface area contributed by atoms with Crippen molar-refractivity contribution in [1.82, 2.24) is 19.2 Å². The number of fused-ring (bicyclic) bond motifs is 1. The quantitative estimate of drug-likeness (QED) is 0.363.